The first-order valence-corrected chi connectivity index (χ1v) is 10.6. The standard InChI is InChI=1S/C21H24ClNO4S/c1-20(2)14-9-10-15(20)17-16(14)18(24)23(28-17)11-26-19(25)21(3,4)27-13-7-5-12(22)6-8-13/h5-8,14-15H,9-11H2,1-4H3. The van der Waals surface area contributed by atoms with Gasteiger partial charge in [0.15, 0.2) is 12.3 Å². The third kappa shape index (κ3) is 3.07. The van der Waals surface area contributed by atoms with Gasteiger partial charge in [-0.05, 0) is 62.3 Å². The van der Waals surface area contributed by atoms with Crippen molar-refractivity contribution in [3.8, 4) is 5.75 Å². The average Bonchev–Trinajstić information content (AvgIpc) is 3.19. The van der Waals surface area contributed by atoms with Crippen LogP contribution in [-0.2, 0) is 16.3 Å². The molecule has 0 aliphatic heterocycles. The van der Waals surface area contributed by atoms with E-state index < -0.39 is 11.6 Å². The summed E-state index contributed by atoms with van der Waals surface area (Å²) < 4.78 is 12.7. The van der Waals surface area contributed by atoms with Crippen molar-refractivity contribution >= 4 is 29.1 Å². The highest BCUT2D eigenvalue weighted by molar-refractivity contribution is 7.06. The highest BCUT2D eigenvalue weighted by Gasteiger charge is 2.54. The van der Waals surface area contributed by atoms with E-state index >= 15 is 0 Å². The van der Waals surface area contributed by atoms with E-state index in [0.29, 0.717) is 22.6 Å². The number of rotatable bonds is 5. The smallest absolute Gasteiger partial charge is 0.351 e. The zero-order chi connectivity index (χ0) is 20.3. The minimum atomic E-state index is -1.18. The monoisotopic (exact) mass is 421 g/mol. The molecule has 0 radical (unpaired) electrons. The van der Waals surface area contributed by atoms with E-state index in [2.05, 4.69) is 13.8 Å². The lowest BCUT2D eigenvalue weighted by Crippen LogP contribution is -2.40. The third-order valence-electron chi connectivity index (χ3n) is 6.13. The predicted molar refractivity (Wildman–Crippen MR) is 109 cm³/mol. The minimum absolute atomic E-state index is 0.00972. The van der Waals surface area contributed by atoms with Crippen LogP contribution in [0.5, 0.6) is 5.75 Å². The largest absolute Gasteiger partial charge is 0.476 e. The predicted octanol–water partition coefficient (Wildman–Crippen LogP) is 4.92. The molecule has 28 heavy (non-hydrogen) atoms. The van der Waals surface area contributed by atoms with Gasteiger partial charge in [0.1, 0.15) is 5.75 Å². The zero-order valence-electron chi connectivity index (χ0n) is 16.5. The Balaban J connectivity index is 1.45. The molecule has 2 atom stereocenters. The van der Waals surface area contributed by atoms with Crippen LogP contribution in [0.4, 0.5) is 0 Å². The van der Waals surface area contributed by atoms with E-state index in [1.165, 1.54) is 16.4 Å². The van der Waals surface area contributed by atoms with Crippen LogP contribution >= 0.6 is 23.1 Å². The summed E-state index contributed by atoms with van der Waals surface area (Å²) in [5.74, 6) is 0.758. The summed E-state index contributed by atoms with van der Waals surface area (Å²) in [5.41, 5.74) is -0.0911. The van der Waals surface area contributed by atoms with Gasteiger partial charge in [-0.3, -0.25) is 4.79 Å². The van der Waals surface area contributed by atoms with Gasteiger partial charge in [0.25, 0.3) is 5.56 Å². The fraction of sp³-hybridized carbons (Fsp3) is 0.524. The van der Waals surface area contributed by atoms with Crippen molar-refractivity contribution in [1.29, 1.82) is 0 Å². The maximum atomic E-state index is 12.9. The second kappa shape index (κ2) is 6.63. The summed E-state index contributed by atoms with van der Waals surface area (Å²) in [6.07, 6.45) is 2.20. The van der Waals surface area contributed by atoms with Crippen LogP contribution in [0, 0.1) is 5.41 Å². The Labute approximate surface area is 173 Å². The highest BCUT2D eigenvalue weighted by atomic mass is 35.5. The molecule has 150 valence electrons. The molecule has 2 aromatic rings. The van der Waals surface area contributed by atoms with Crippen LogP contribution in [-0.4, -0.2) is 15.5 Å². The molecular weight excluding hydrogens is 398 g/mol. The van der Waals surface area contributed by atoms with Gasteiger partial charge in [0, 0.05) is 21.4 Å². The van der Waals surface area contributed by atoms with Gasteiger partial charge in [-0.15, -0.1) is 0 Å². The SMILES string of the molecule is CC(C)(Oc1ccc(Cl)cc1)C(=O)OCn1sc2c(c1=O)C1CCC2C1(C)C. The van der Waals surface area contributed by atoms with E-state index in [9.17, 15) is 9.59 Å². The number of hydrogen-bond acceptors (Lipinski definition) is 5. The van der Waals surface area contributed by atoms with Crippen LogP contribution in [0.25, 0.3) is 0 Å². The summed E-state index contributed by atoms with van der Waals surface area (Å²) >= 11 is 7.32. The second-order valence-corrected chi connectivity index (χ2v) is 10.2. The molecule has 5 nitrogen and oxygen atoms in total. The van der Waals surface area contributed by atoms with Crippen LogP contribution in [0.2, 0.25) is 5.02 Å². The van der Waals surface area contributed by atoms with Gasteiger partial charge >= 0.3 is 5.97 Å². The quantitative estimate of drug-likeness (QED) is 0.643. The first-order valence-electron chi connectivity index (χ1n) is 9.47. The third-order valence-corrected chi connectivity index (χ3v) is 7.57. The van der Waals surface area contributed by atoms with Crippen LogP contribution in [0.3, 0.4) is 0 Å². The maximum Gasteiger partial charge on any atom is 0.351 e. The molecule has 1 fully saturated rings. The number of carbonyl (C=O) groups is 1. The molecule has 1 aromatic carbocycles. The van der Waals surface area contributed by atoms with Crippen molar-refractivity contribution in [2.75, 3.05) is 0 Å². The van der Waals surface area contributed by atoms with Crippen molar-refractivity contribution in [2.45, 2.75) is 64.7 Å². The average molecular weight is 422 g/mol. The van der Waals surface area contributed by atoms with Gasteiger partial charge in [-0.25, -0.2) is 8.75 Å². The molecule has 0 amide bonds. The highest BCUT2D eigenvalue weighted by Crippen LogP contribution is 2.64. The van der Waals surface area contributed by atoms with Crippen molar-refractivity contribution in [1.82, 2.24) is 3.96 Å². The Morgan fingerprint density at radius 2 is 1.89 bits per heavy atom. The molecule has 7 heteroatoms. The topological polar surface area (TPSA) is 57.5 Å². The Hall–Kier alpha value is -1.79. The summed E-state index contributed by atoms with van der Waals surface area (Å²) in [4.78, 5) is 26.6. The lowest BCUT2D eigenvalue weighted by atomic mass is 9.80. The van der Waals surface area contributed by atoms with Crippen molar-refractivity contribution in [3.63, 3.8) is 0 Å². The number of benzene rings is 1. The van der Waals surface area contributed by atoms with Gasteiger partial charge in [-0.1, -0.05) is 37.0 Å². The Morgan fingerprint density at radius 1 is 1.25 bits per heavy atom. The van der Waals surface area contributed by atoms with E-state index in [1.54, 1.807) is 42.1 Å². The van der Waals surface area contributed by atoms with E-state index in [-0.39, 0.29) is 17.7 Å². The number of halogens is 1. The summed E-state index contributed by atoms with van der Waals surface area (Å²) in [6.45, 7) is 7.71. The summed E-state index contributed by atoms with van der Waals surface area (Å²) in [5, 5.41) is 0.593. The number of aromatic nitrogens is 1. The van der Waals surface area contributed by atoms with Crippen LogP contribution in [0.1, 0.15) is 62.8 Å². The van der Waals surface area contributed by atoms with Crippen molar-refractivity contribution in [3.05, 3.63) is 50.1 Å². The number of carbonyl (C=O) groups excluding carboxylic acids is 1. The van der Waals surface area contributed by atoms with Crippen LogP contribution < -0.4 is 10.3 Å². The Morgan fingerprint density at radius 3 is 2.54 bits per heavy atom. The minimum Gasteiger partial charge on any atom is -0.476 e. The fourth-order valence-corrected chi connectivity index (χ4v) is 6.07. The van der Waals surface area contributed by atoms with Crippen LogP contribution in [0.15, 0.2) is 29.1 Å². The lowest BCUT2D eigenvalue weighted by molar-refractivity contribution is -0.163. The zero-order valence-corrected chi connectivity index (χ0v) is 18.0. The molecule has 1 aromatic heterocycles. The molecular formula is C21H24ClNO4S. The number of fused-ring (bicyclic) bond motifs is 5. The van der Waals surface area contributed by atoms with E-state index in [0.717, 1.165) is 18.4 Å². The Bertz CT molecular complexity index is 973. The maximum absolute atomic E-state index is 12.9. The first kappa shape index (κ1) is 19.5. The number of nitrogens with zero attached hydrogens (tertiary/aromatic N) is 1. The molecule has 4 rings (SSSR count). The van der Waals surface area contributed by atoms with Gasteiger partial charge in [0.2, 0.25) is 0 Å². The van der Waals surface area contributed by atoms with Gasteiger partial charge in [-0.2, -0.15) is 0 Å². The molecule has 1 saturated carbocycles. The number of ether oxygens (including phenoxy) is 2. The normalized spacial score (nSPS) is 22.2. The summed E-state index contributed by atoms with van der Waals surface area (Å²) in [6, 6.07) is 6.79. The molecule has 2 aliphatic rings. The molecule has 1 heterocycles. The number of esters is 1. The molecule has 0 saturated heterocycles. The molecule has 2 bridgehead atoms. The summed E-state index contributed by atoms with van der Waals surface area (Å²) in [7, 11) is 0. The van der Waals surface area contributed by atoms with Crippen molar-refractivity contribution in [2.24, 2.45) is 5.41 Å². The van der Waals surface area contributed by atoms with Gasteiger partial charge < -0.3 is 9.47 Å². The number of hydrogen-bond donors (Lipinski definition) is 0. The molecule has 0 spiro atoms. The fourth-order valence-electron chi connectivity index (χ4n) is 4.54. The van der Waals surface area contributed by atoms with Crippen molar-refractivity contribution < 1.29 is 14.3 Å². The molecule has 2 unspecified atom stereocenters. The molecule has 2 aliphatic carbocycles. The Kier molecular flexibility index (Phi) is 4.62. The first-order chi connectivity index (χ1) is 13.1. The van der Waals surface area contributed by atoms with E-state index in [1.807, 2.05) is 0 Å². The lowest BCUT2D eigenvalue weighted by Gasteiger charge is -2.25. The van der Waals surface area contributed by atoms with E-state index in [4.69, 9.17) is 21.1 Å². The van der Waals surface area contributed by atoms with Gasteiger partial charge in [0.05, 0.1) is 0 Å². The molecule has 0 N–H and O–H groups in total. The second-order valence-electron chi connectivity index (χ2n) is 8.68.